The van der Waals surface area contributed by atoms with Gasteiger partial charge in [0.25, 0.3) is 0 Å². The molecule has 9 heteroatoms. The van der Waals surface area contributed by atoms with Crippen LogP contribution in [0.4, 0.5) is 0 Å². The Kier molecular flexibility index (Phi) is 7.26. The largest absolute Gasteiger partial charge is 0.399 e. The number of hydrogen-bond acceptors (Lipinski definition) is 8. The van der Waals surface area contributed by atoms with Gasteiger partial charge in [0.05, 0.1) is 7.11 Å². The molecule has 0 unspecified atom stereocenters. The molecule has 0 radical (unpaired) electrons. The van der Waals surface area contributed by atoms with Crippen molar-refractivity contribution in [2.24, 2.45) is 5.73 Å². The Morgan fingerprint density at radius 3 is 1.92 bits per heavy atom. The van der Waals surface area contributed by atoms with Gasteiger partial charge in [-0.1, -0.05) is 0 Å². The molecule has 0 spiro atoms. The summed E-state index contributed by atoms with van der Waals surface area (Å²) in [5.41, 5.74) is 4.50. The van der Waals surface area contributed by atoms with Crippen molar-refractivity contribution in [2.45, 2.75) is 5.97 Å². The van der Waals surface area contributed by atoms with Crippen LogP contribution in [-0.4, -0.2) is 50.5 Å². The Morgan fingerprint density at radius 2 is 1.69 bits per heavy atom. The van der Waals surface area contributed by atoms with Crippen LogP contribution in [0.1, 0.15) is 0 Å². The predicted octanol–water partition coefficient (Wildman–Crippen LogP) is -2.90. The van der Waals surface area contributed by atoms with Gasteiger partial charge in [0.1, 0.15) is 6.61 Å². The molecule has 8 nitrogen and oxygen atoms in total. The molecule has 0 bridgehead atoms. The van der Waals surface area contributed by atoms with Crippen LogP contribution < -0.4 is 5.73 Å². The summed E-state index contributed by atoms with van der Waals surface area (Å²) in [4.78, 5) is 0. The van der Waals surface area contributed by atoms with Crippen LogP contribution in [0, 0.1) is 0 Å². The predicted molar refractivity (Wildman–Crippen MR) is 41.4 cm³/mol. The van der Waals surface area contributed by atoms with Gasteiger partial charge in [-0.3, -0.25) is 4.18 Å². The third kappa shape index (κ3) is 11.7. The van der Waals surface area contributed by atoms with E-state index in [-0.39, 0.29) is 0 Å². The van der Waals surface area contributed by atoms with E-state index >= 15 is 0 Å². The second-order valence-electron chi connectivity index (χ2n) is 1.61. The second kappa shape index (κ2) is 6.21. The zero-order valence-corrected chi connectivity index (χ0v) is 7.98. The summed E-state index contributed by atoms with van der Waals surface area (Å²) < 4.78 is 28.0. The summed E-state index contributed by atoms with van der Waals surface area (Å²) in [7, 11) is -1.91. The molecule has 0 saturated carbocycles. The molecule has 0 aliphatic rings. The molecule has 0 rings (SSSR count). The molecule has 0 atom stereocenters. The lowest BCUT2D eigenvalue weighted by atomic mass is 10.6. The average Bonchev–Trinajstić information content (AvgIpc) is 2.04. The minimum Gasteiger partial charge on any atom is -0.342 e. The highest BCUT2D eigenvalue weighted by Gasteiger charge is 2.23. The summed E-state index contributed by atoms with van der Waals surface area (Å²) in [6, 6.07) is 0. The van der Waals surface area contributed by atoms with Crippen LogP contribution >= 0.6 is 0 Å². The van der Waals surface area contributed by atoms with E-state index in [1.807, 2.05) is 0 Å². The molecule has 82 valence electrons. The van der Waals surface area contributed by atoms with E-state index in [4.69, 9.17) is 15.3 Å². The summed E-state index contributed by atoms with van der Waals surface area (Å²) in [5, 5.41) is 24.4. The van der Waals surface area contributed by atoms with Gasteiger partial charge in [-0.25, -0.2) is 4.18 Å². The highest BCUT2D eigenvalue weighted by atomic mass is 32.3. The van der Waals surface area contributed by atoms with E-state index in [0.717, 1.165) is 7.11 Å². The van der Waals surface area contributed by atoms with Crippen LogP contribution in [0.25, 0.3) is 0 Å². The van der Waals surface area contributed by atoms with Crippen LogP contribution in [-0.2, 0) is 18.8 Å². The standard InChI is InChI=1S/C3H8O7S.CH5N/c1-9-11(7,8)10-2-3(4,5)6;1-2/h4-6H,2H2,1H3;2H2,1H3. The van der Waals surface area contributed by atoms with Gasteiger partial charge in [-0.2, -0.15) is 8.42 Å². The number of nitrogens with two attached hydrogens (primary N) is 1. The molecule has 0 saturated heterocycles. The third-order valence-corrected chi connectivity index (χ3v) is 1.42. The SMILES string of the molecule is CN.COS(=O)(=O)OCC(O)(O)O. The molecule has 5 N–H and O–H groups in total. The normalized spacial score (nSPS) is 11.8. The summed E-state index contributed by atoms with van der Waals surface area (Å²) in [6.45, 7) is -1.21. The van der Waals surface area contributed by atoms with Gasteiger partial charge >= 0.3 is 16.4 Å². The minimum absolute atomic E-state index is 0.823. The maximum absolute atomic E-state index is 10.3. The highest BCUT2D eigenvalue weighted by molar-refractivity contribution is 7.81. The molecular formula is C4H13NO7S. The average molecular weight is 219 g/mol. The summed E-state index contributed by atoms with van der Waals surface area (Å²) in [6.07, 6.45) is 0. The van der Waals surface area contributed by atoms with E-state index in [9.17, 15) is 8.42 Å². The number of hydrogen-bond donors (Lipinski definition) is 4. The number of aliphatic hydroxyl groups is 3. The van der Waals surface area contributed by atoms with E-state index in [1.54, 1.807) is 0 Å². The molecule has 0 fully saturated rings. The lowest BCUT2D eigenvalue weighted by Gasteiger charge is -2.12. The lowest BCUT2D eigenvalue weighted by molar-refractivity contribution is -0.322. The first-order valence-electron chi connectivity index (χ1n) is 2.97. The van der Waals surface area contributed by atoms with Crippen molar-refractivity contribution in [1.82, 2.24) is 0 Å². The van der Waals surface area contributed by atoms with Crippen LogP contribution in [0.5, 0.6) is 0 Å². The second-order valence-corrected chi connectivity index (χ2v) is 3.00. The Balaban J connectivity index is 0. The van der Waals surface area contributed by atoms with E-state index < -0.39 is 23.0 Å². The molecule has 0 heterocycles. The van der Waals surface area contributed by atoms with Gasteiger partial charge in [0, 0.05) is 0 Å². The number of rotatable bonds is 4. The molecule has 0 aromatic carbocycles. The van der Waals surface area contributed by atoms with Crippen LogP contribution in [0.15, 0.2) is 0 Å². The van der Waals surface area contributed by atoms with E-state index in [0.29, 0.717) is 0 Å². The third-order valence-electron chi connectivity index (χ3n) is 0.601. The zero-order valence-electron chi connectivity index (χ0n) is 7.17. The molecule has 0 aromatic rings. The summed E-state index contributed by atoms with van der Waals surface area (Å²) >= 11 is 0. The molecule has 0 aliphatic carbocycles. The lowest BCUT2D eigenvalue weighted by Crippen LogP contribution is -2.34. The van der Waals surface area contributed by atoms with E-state index in [2.05, 4.69) is 14.1 Å². The van der Waals surface area contributed by atoms with Gasteiger partial charge in [0.2, 0.25) is 0 Å². The highest BCUT2D eigenvalue weighted by Crippen LogP contribution is 1.99. The van der Waals surface area contributed by atoms with Crippen molar-refractivity contribution in [1.29, 1.82) is 0 Å². The van der Waals surface area contributed by atoms with Crippen molar-refractivity contribution < 1.29 is 32.1 Å². The van der Waals surface area contributed by atoms with Crippen molar-refractivity contribution in [3.05, 3.63) is 0 Å². The monoisotopic (exact) mass is 219 g/mol. The Hall–Kier alpha value is -0.290. The Labute approximate surface area is 75.8 Å². The molecular weight excluding hydrogens is 206 g/mol. The van der Waals surface area contributed by atoms with Crippen molar-refractivity contribution in [3.63, 3.8) is 0 Å². The first-order chi connectivity index (χ1) is 5.77. The smallest absolute Gasteiger partial charge is 0.342 e. The molecule has 13 heavy (non-hydrogen) atoms. The minimum atomic E-state index is -4.23. The molecule has 0 aromatic heterocycles. The van der Waals surface area contributed by atoms with E-state index in [1.165, 1.54) is 7.05 Å². The quantitative estimate of drug-likeness (QED) is 0.369. The topological polar surface area (TPSA) is 139 Å². The Morgan fingerprint density at radius 1 is 1.31 bits per heavy atom. The van der Waals surface area contributed by atoms with Crippen molar-refractivity contribution in [3.8, 4) is 0 Å². The fraction of sp³-hybridized carbons (Fsp3) is 1.00. The maximum Gasteiger partial charge on any atom is 0.399 e. The van der Waals surface area contributed by atoms with Gasteiger partial charge in [-0.05, 0) is 7.05 Å². The Bertz CT molecular complexity index is 205. The van der Waals surface area contributed by atoms with Gasteiger partial charge in [-0.15, -0.1) is 0 Å². The van der Waals surface area contributed by atoms with Gasteiger partial charge < -0.3 is 21.1 Å². The first-order valence-corrected chi connectivity index (χ1v) is 4.30. The van der Waals surface area contributed by atoms with Crippen molar-refractivity contribution >= 4 is 10.4 Å². The fourth-order valence-corrected chi connectivity index (χ4v) is 0.598. The molecule has 0 aliphatic heterocycles. The van der Waals surface area contributed by atoms with Crippen LogP contribution in [0.2, 0.25) is 0 Å². The maximum atomic E-state index is 10.3. The van der Waals surface area contributed by atoms with Gasteiger partial charge in [0.15, 0.2) is 0 Å². The van der Waals surface area contributed by atoms with Crippen molar-refractivity contribution in [2.75, 3.05) is 20.8 Å². The fourth-order valence-electron chi connectivity index (χ4n) is 0.199. The summed E-state index contributed by atoms with van der Waals surface area (Å²) in [5.74, 6) is -3.18. The van der Waals surface area contributed by atoms with Crippen LogP contribution in [0.3, 0.4) is 0 Å². The first kappa shape index (κ1) is 15.2. The zero-order chi connectivity index (χ0) is 11.1. The molecule has 0 amide bonds.